The van der Waals surface area contributed by atoms with Gasteiger partial charge in [-0.1, -0.05) is 109 Å². The Morgan fingerprint density at radius 3 is 1.38 bits per heavy atom. The number of aromatic amines is 4. The molecule has 25 nitrogen and oxygen atoms in total. The van der Waals surface area contributed by atoms with E-state index in [0.29, 0.717) is 73.9 Å². The summed E-state index contributed by atoms with van der Waals surface area (Å²) in [6.07, 6.45) is 30.5. The Kier molecular flexibility index (Phi) is 27.3. The van der Waals surface area contributed by atoms with Gasteiger partial charge in [-0.15, -0.1) is 0 Å². The van der Waals surface area contributed by atoms with Gasteiger partial charge in [0.2, 0.25) is 40.1 Å². The van der Waals surface area contributed by atoms with Crippen LogP contribution in [0, 0.1) is 35.0 Å². The zero-order valence-corrected chi connectivity index (χ0v) is 76.6. The van der Waals surface area contributed by atoms with Crippen molar-refractivity contribution in [2.24, 2.45) is 23.7 Å². The van der Waals surface area contributed by atoms with Crippen molar-refractivity contribution in [2.75, 3.05) is 81.0 Å². The van der Waals surface area contributed by atoms with Crippen LogP contribution in [0.2, 0.25) is 0 Å². The van der Waals surface area contributed by atoms with Crippen LogP contribution < -0.4 is 9.80 Å². The van der Waals surface area contributed by atoms with E-state index in [0.717, 1.165) is 165 Å². The molecule has 4 saturated heterocycles. The minimum Gasteiger partial charge on any atom is -0.371 e. The number of piperidine rings is 3. The average molecular weight is 1810 g/mol. The second kappa shape index (κ2) is 39.4. The molecule has 20 rings (SSSR count). The first-order valence-corrected chi connectivity index (χ1v) is 51.1. The van der Waals surface area contributed by atoms with Crippen LogP contribution in [0.3, 0.4) is 0 Å². The summed E-state index contributed by atoms with van der Waals surface area (Å²) in [7, 11) is -13.6. The number of fused-ring (bicyclic) bond motifs is 4. The number of rotatable bonds is 23. The molecule has 129 heavy (non-hydrogen) atoms. The van der Waals surface area contributed by atoms with Crippen molar-refractivity contribution in [3.63, 3.8) is 0 Å². The summed E-state index contributed by atoms with van der Waals surface area (Å²) in [5, 5.41) is 39.2. The van der Waals surface area contributed by atoms with Crippen molar-refractivity contribution in [2.45, 2.75) is 138 Å². The fraction of sp³-hybridized carbons (Fsp3) is 0.350. The molecule has 6 aromatic heterocycles. The molecule has 6 aliphatic heterocycles. The number of nitriles is 1. The van der Waals surface area contributed by atoms with E-state index >= 15 is 0 Å². The Bertz CT molecular complexity index is 6630. The van der Waals surface area contributed by atoms with Crippen LogP contribution in [0.4, 0.5) is 11.4 Å². The van der Waals surface area contributed by atoms with Crippen molar-refractivity contribution in [1.82, 2.24) is 67.1 Å². The highest BCUT2D eigenvalue weighted by Crippen LogP contribution is 2.42. The maximum Gasteiger partial charge on any atom is 0.243 e. The first-order valence-electron chi connectivity index (χ1n) is 45.0. The van der Waals surface area contributed by atoms with Gasteiger partial charge in [-0.25, -0.2) is 38.0 Å². The number of H-pyrrole nitrogens is 4. The number of nitrogens with one attached hydrogen (secondary N) is 4. The molecule has 12 heterocycles. The lowest BCUT2D eigenvalue weighted by Crippen LogP contribution is -2.46. The molecular weight excluding hydrogens is 1700 g/mol. The third-order valence-electron chi connectivity index (χ3n) is 26.6. The standard InChI is InChI=1S/C26H30N4O2S.C25H25N5O2S.C25H30N4O2S.C24H28N4O2S/c1-20-15-22(9-13-30(20)33(31,32)14-11-21-5-3-2-4-6-21)19-29-12-10-24-16-23(7-8-26(24)29)25-17-27-28-18-25;1-25(2)12-19(17-30(25)33(31,32)23-5-3-4-18(10-23)13-26)16-29-9-8-21-11-20(6-7-24(21)29)22-14-27-28-15-22;30-32(31,19-21-5-2-1-3-6-21)29-13-10-20(11-14-29)18-28-12-4-7-23-15-22(8-9-25(23)28)24-16-26-27-17-24;29-31(30,23-6-2-1-3-7-23)28-13-10-19(11-14-28)18-27-12-4-5-21-15-20(8-9-24(21)27)22-16-25-26-17-22/h2-8,10,12,16-18,20,22H,9,11,13-15,19H2,1H3,(H,27,28);3-11,14-15,19H,12,16-17H2,1-2H3,(H,27,28);1-3,5-6,8-9,15-17,20H,4,7,10-14,18-19H2,(H,26,27);1-3,6-9,15-17,19H,4-5,10-14,18H2,(H,25,26). The van der Waals surface area contributed by atoms with E-state index < -0.39 is 45.6 Å². The number of nitrogens with zero attached hydrogens (tertiary/aromatic N) is 13. The fourth-order valence-electron chi connectivity index (χ4n) is 19.9. The van der Waals surface area contributed by atoms with E-state index in [1.807, 2.05) is 130 Å². The zero-order valence-electron chi connectivity index (χ0n) is 73.3. The Morgan fingerprint density at radius 1 is 0.434 bits per heavy atom. The number of aryl methyl sites for hydroxylation is 3. The predicted molar refractivity (Wildman–Crippen MR) is 510 cm³/mol. The molecule has 6 aliphatic rings. The summed E-state index contributed by atoms with van der Waals surface area (Å²) in [5.41, 5.74) is 18.6. The van der Waals surface area contributed by atoms with Crippen LogP contribution in [-0.2, 0) is 78.2 Å². The maximum absolute atomic E-state index is 13.4. The number of hydrogen-bond donors (Lipinski definition) is 4. The fourth-order valence-corrected chi connectivity index (χ4v) is 26.6. The third kappa shape index (κ3) is 21.0. The molecule has 670 valence electrons. The molecule has 0 saturated carbocycles. The van der Waals surface area contributed by atoms with E-state index in [-0.39, 0.29) is 28.4 Å². The molecule has 0 bridgehead atoms. The molecule has 8 aromatic carbocycles. The normalized spacial score (nSPS) is 18.6. The molecule has 14 aromatic rings. The molecule has 0 aliphatic carbocycles. The van der Waals surface area contributed by atoms with Crippen molar-refractivity contribution in [3.8, 4) is 50.6 Å². The molecule has 0 radical (unpaired) electrons. The van der Waals surface area contributed by atoms with Gasteiger partial charge in [0, 0.05) is 183 Å². The Balaban J connectivity index is 0.000000121. The first kappa shape index (κ1) is 89.4. The van der Waals surface area contributed by atoms with Crippen LogP contribution in [0.25, 0.3) is 66.3 Å². The van der Waals surface area contributed by atoms with Gasteiger partial charge in [-0.05, 0) is 257 Å². The summed E-state index contributed by atoms with van der Waals surface area (Å²) in [6, 6.07) is 67.0. The molecule has 4 fully saturated rings. The maximum atomic E-state index is 13.4. The zero-order chi connectivity index (χ0) is 89.3. The predicted octanol–water partition coefficient (Wildman–Crippen LogP) is 17.1. The van der Waals surface area contributed by atoms with Gasteiger partial charge < -0.3 is 18.9 Å². The molecule has 0 amide bonds. The van der Waals surface area contributed by atoms with Crippen molar-refractivity contribution >= 4 is 73.3 Å². The summed E-state index contributed by atoms with van der Waals surface area (Å²) in [6.45, 7) is 15.3. The van der Waals surface area contributed by atoms with Gasteiger partial charge >= 0.3 is 0 Å². The molecule has 3 unspecified atom stereocenters. The highest BCUT2D eigenvalue weighted by molar-refractivity contribution is 7.89. The highest BCUT2D eigenvalue weighted by Gasteiger charge is 2.46. The number of hydrogen-bond acceptors (Lipinski definition) is 15. The largest absolute Gasteiger partial charge is 0.371 e. The second-order valence-corrected chi connectivity index (χ2v) is 43.7. The Hall–Kier alpha value is -11.6. The SMILES string of the molecule is CC1(C)CC(Cn2ccc3cc(-c4cn[nH]c4)ccc32)CN1S(=O)(=O)c1cccc(C#N)c1.CC1CC(Cn2ccc3cc(-c4cn[nH]c4)ccc32)CCN1S(=O)(=O)CCc1ccccc1.O=S(=O)(Cc1ccccc1)N1CCC(CN2CCCc3cc(-c4cn[nH]c4)ccc32)CC1.O=S(=O)(c1ccccc1)N1CCC(CN2CCCc3cc(-c4cn[nH]c4)ccc32)CC1. The van der Waals surface area contributed by atoms with Gasteiger partial charge in [0.1, 0.15) is 0 Å². The number of benzene rings is 8. The van der Waals surface area contributed by atoms with E-state index in [1.54, 1.807) is 65.9 Å². The summed E-state index contributed by atoms with van der Waals surface area (Å²) < 4.78 is 116. The van der Waals surface area contributed by atoms with Gasteiger partial charge in [-0.3, -0.25) is 20.4 Å². The highest BCUT2D eigenvalue weighted by atomic mass is 32.2. The molecule has 4 N–H and O–H groups in total. The third-order valence-corrected chi connectivity index (χ3v) is 34.5. The number of anilines is 2. The van der Waals surface area contributed by atoms with E-state index in [2.05, 4.69) is 164 Å². The van der Waals surface area contributed by atoms with Crippen LogP contribution in [0.5, 0.6) is 0 Å². The van der Waals surface area contributed by atoms with Crippen LogP contribution >= 0.6 is 0 Å². The minimum atomic E-state index is -3.70. The van der Waals surface area contributed by atoms with Gasteiger partial charge in [0.25, 0.3) is 0 Å². The van der Waals surface area contributed by atoms with E-state index in [4.69, 9.17) is 0 Å². The molecular formula is C100H113N17O8S4. The minimum absolute atomic E-state index is 0.0269. The lowest BCUT2D eigenvalue weighted by atomic mass is 9.93. The van der Waals surface area contributed by atoms with Crippen molar-refractivity contribution < 1.29 is 33.7 Å². The number of aromatic nitrogens is 10. The Labute approximate surface area is 757 Å². The van der Waals surface area contributed by atoms with Gasteiger partial charge in [0.15, 0.2) is 0 Å². The topological polar surface area (TPSA) is 304 Å². The van der Waals surface area contributed by atoms with Gasteiger partial charge in [0.05, 0.1) is 57.7 Å². The van der Waals surface area contributed by atoms with Crippen LogP contribution in [-0.4, -0.2) is 184 Å². The smallest absolute Gasteiger partial charge is 0.243 e. The lowest BCUT2D eigenvalue weighted by molar-refractivity contribution is 0.196. The van der Waals surface area contributed by atoms with Crippen molar-refractivity contribution in [1.29, 1.82) is 5.26 Å². The first-order chi connectivity index (χ1) is 62.5. The van der Waals surface area contributed by atoms with Crippen molar-refractivity contribution in [3.05, 3.63) is 290 Å². The monoisotopic (exact) mass is 1810 g/mol. The second-order valence-electron chi connectivity index (χ2n) is 35.9. The molecule has 0 spiro atoms. The van der Waals surface area contributed by atoms with Gasteiger partial charge in [-0.2, -0.15) is 38.6 Å². The molecule has 3 atom stereocenters. The number of sulfonamides is 4. The average Bonchev–Trinajstić information content (AvgIpc) is 1.62. The summed E-state index contributed by atoms with van der Waals surface area (Å²) in [5.74, 6) is 1.95. The van der Waals surface area contributed by atoms with Crippen LogP contribution in [0.1, 0.15) is 106 Å². The van der Waals surface area contributed by atoms with E-state index in [9.17, 15) is 38.9 Å². The van der Waals surface area contributed by atoms with E-state index in [1.165, 1.54) is 50.6 Å². The summed E-state index contributed by atoms with van der Waals surface area (Å²) in [4.78, 5) is 5.58. The molecule has 29 heteroatoms. The van der Waals surface area contributed by atoms with Crippen LogP contribution in [0.15, 0.2) is 272 Å². The lowest BCUT2D eigenvalue weighted by Gasteiger charge is -2.37. The Morgan fingerprint density at radius 2 is 0.891 bits per heavy atom. The summed E-state index contributed by atoms with van der Waals surface area (Å²) >= 11 is 0. The quantitative estimate of drug-likeness (QED) is 0.0463.